The van der Waals surface area contributed by atoms with Crippen molar-refractivity contribution in [3.8, 4) is 17.1 Å². The van der Waals surface area contributed by atoms with Crippen LogP contribution in [0.4, 0.5) is 4.39 Å². The first kappa shape index (κ1) is 24.1. The zero-order valence-electron chi connectivity index (χ0n) is 19.6. The number of aliphatic hydroxyl groups is 1. The number of hydrogen-bond acceptors (Lipinski definition) is 8. The highest BCUT2D eigenvalue weighted by molar-refractivity contribution is 5.99. The molecule has 36 heavy (non-hydrogen) atoms. The Bertz CT molecular complexity index is 1260. The number of aliphatic hydroxyl groups excluding tert-OH is 1. The highest BCUT2D eigenvalue weighted by atomic mass is 19.1. The summed E-state index contributed by atoms with van der Waals surface area (Å²) < 4.78 is 31.2. The molecule has 10 heteroatoms. The molecule has 3 atom stereocenters. The molecule has 0 unspecified atom stereocenters. The fourth-order valence-corrected chi connectivity index (χ4v) is 4.00. The van der Waals surface area contributed by atoms with E-state index in [1.54, 1.807) is 24.3 Å². The Morgan fingerprint density at radius 2 is 1.97 bits per heavy atom. The lowest BCUT2D eigenvalue weighted by Gasteiger charge is -2.15. The number of carbonyl (C=O) groups excluding carboxylic acids is 2. The second kappa shape index (κ2) is 10.2. The number of carbonyl (C=O) groups is 2. The number of aromatic nitrogens is 2. The number of nitrogens with zero attached hydrogens (tertiary/aromatic N) is 2. The minimum Gasteiger partial charge on any atom is -0.481 e. The Balaban J connectivity index is 1.26. The third-order valence-corrected chi connectivity index (χ3v) is 6.29. The van der Waals surface area contributed by atoms with Crippen molar-refractivity contribution in [2.75, 3.05) is 13.2 Å². The lowest BCUT2D eigenvalue weighted by atomic mass is 10.1. The summed E-state index contributed by atoms with van der Waals surface area (Å²) in [4.78, 5) is 29.0. The third kappa shape index (κ3) is 5.14. The van der Waals surface area contributed by atoms with Crippen LogP contribution < -0.4 is 10.1 Å². The van der Waals surface area contributed by atoms with Crippen molar-refractivity contribution in [2.24, 2.45) is 5.92 Å². The SMILES string of the molecule is CC[C@@H](Oc1ccc(C(=O)C2CC2)cc1)c1nc(-c2ccc(C(=O)N[C@@H]3COC[C@H]3O)c(F)c2)no1. The smallest absolute Gasteiger partial charge is 0.268 e. The molecular formula is C26H26FN3O6. The second-order valence-corrected chi connectivity index (χ2v) is 9.01. The van der Waals surface area contributed by atoms with Gasteiger partial charge >= 0.3 is 0 Å². The van der Waals surface area contributed by atoms with Crippen molar-refractivity contribution in [2.45, 2.75) is 44.4 Å². The molecule has 1 saturated carbocycles. The predicted octanol–water partition coefficient (Wildman–Crippen LogP) is 3.49. The van der Waals surface area contributed by atoms with E-state index < -0.39 is 30.0 Å². The van der Waals surface area contributed by atoms with Crippen LogP contribution in [-0.4, -0.2) is 52.3 Å². The molecule has 0 bridgehead atoms. The lowest BCUT2D eigenvalue weighted by molar-refractivity contribution is 0.0882. The summed E-state index contributed by atoms with van der Waals surface area (Å²) in [5, 5.41) is 16.3. The van der Waals surface area contributed by atoms with E-state index in [2.05, 4.69) is 15.5 Å². The summed E-state index contributed by atoms with van der Waals surface area (Å²) in [6.45, 7) is 2.20. The molecule has 188 valence electrons. The van der Waals surface area contributed by atoms with Crippen LogP contribution in [0.1, 0.15) is 58.9 Å². The van der Waals surface area contributed by atoms with Crippen LogP contribution in [0.5, 0.6) is 5.75 Å². The Morgan fingerprint density at radius 3 is 2.61 bits per heavy atom. The first-order chi connectivity index (χ1) is 17.4. The third-order valence-electron chi connectivity index (χ3n) is 6.29. The van der Waals surface area contributed by atoms with Gasteiger partial charge in [0.1, 0.15) is 11.6 Å². The van der Waals surface area contributed by atoms with Gasteiger partial charge in [0.25, 0.3) is 11.8 Å². The van der Waals surface area contributed by atoms with E-state index in [1.165, 1.54) is 12.1 Å². The van der Waals surface area contributed by atoms with Gasteiger partial charge in [0.05, 0.1) is 30.9 Å². The number of ether oxygens (including phenoxy) is 2. The van der Waals surface area contributed by atoms with Gasteiger partial charge in [-0.25, -0.2) is 4.39 Å². The van der Waals surface area contributed by atoms with Crippen LogP contribution >= 0.6 is 0 Å². The Kier molecular flexibility index (Phi) is 6.80. The minimum atomic E-state index is -0.828. The monoisotopic (exact) mass is 495 g/mol. The van der Waals surface area contributed by atoms with E-state index >= 15 is 0 Å². The molecule has 1 saturated heterocycles. The van der Waals surface area contributed by atoms with Gasteiger partial charge in [-0.05, 0) is 55.7 Å². The first-order valence-electron chi connectivity index (χ1n) is 11.9. The van der Waals surface area contributed by atoms with Crippen molar-refractivity contribution >= 4 is 11.7 Å². The number of benzene rings is 2. The van der Waals surface area contributed by atoms with Gasteiger partial charge < -0.3 is 24.4 Å². The van der Waals surface area contributed by atoms with Gasteiger partial charge in [-0.15, -0.1) is 0 Å². The molecule has 2 fully saturated rings. The van der Waals surface area contributed by atoms with Crippen molar-refractivity contribution in [1.29, 1.82) is 0 Å². The zero-order chi connectivity index (χ0) is 25.2. The molecule has 1 aromatic heterocycles. The molecule has 0 spiro atoms. The molecule has 2 N–H and O–H groups in total. The maximum absolute atomic E-state index is 14.7. The molecule has 2 aromatic carbocycles. The van der Waals surface area contributed by atoms with Gasteiger partial charge in [0.15, 0.2) is 11.9 Å². The van der Waals surface area contributed by atoms with Crippen LogP contribution in [-0.2, 0) is 4.74 Å². The van der Waals surface area contributed by atoms with E-state index in [0.29, 0.717) is 23.3 Å². The fraction of sp³-hybridized carbons (Fsp3) is 0.385. The summed E-state index contributed by atoms with van der Waals surface area (Å²) in [5.41, 5.74) is 0.839. The number of nitrogens with one attached hydrogen (secondary N) is 1. The average Bonchev–Trinajstić information content (AvgIpc) is 3.49. The highest BCUT2D eigenvalue weighted by Crippen LogP contribution is 2.33. The van der Waals surface area contributed by atoms with E-state index in [1.807, 2.05) is 6.92 Å². The van der Waals surface area contributed by atoms with Crippen LogP contribution in [0.25, 0.3) is 11.4 Å². The molecule has 3 aromatic rings. The molecule has 0 radical (unpaired) electrons. The molecule has 5 rings (SSSR count). The van der Waals surface area contributed by atoms with Crippen LogP contribution in [0.15, 0.2) is 47.0 Å². The Hall–Kier alpha value is -3.63. The summed E-state index contributed by atoms with van der Waals surface area (Å²) in [6.07, 6.45) is 1.08. The molecular weight excluding hydrogens is 469 g/mol. The standard InChI is InChI=1S/C26H26FN3O6/c1-2-22(35-17-8-5-15(6-9-17)23(32)14-3-4-14)26-29-24(30-36-26)16-7-10-18(19(27)11-16)25(33)28-20-12-34-13-21(20)31/h5-11,14,20-22,31H,2-4,12-13H2,1H3,(H,28,33)/t20-,21-,22-/m1/s1. The van der Waals surface area contributed by atoms with Gasteiger partial charge in [0, 0.05) is 17.0 Å². The van der Waals surface area contributed by atoms with E-state index in [0.717, 1.165) is 18.9 Å². The molecule has 9 nitrogen and oxygen atoms in total. The molecule has 1 aliphatic heterocycles. The van der Waals surface area contributed by atoms with Gasteiger partial charge in [-0.2, -0.15) is 4.98 Å². The maximum Gasteiger partial charge on any atom is 0.268 e. The summed E-state index contributed by atoms with van der Waals surface area (Å²) in [6, 6.07) is 10.4. The number of hydrogen-bond donors (Lipinski definition) is 2. The van der Waals surface area contributed by atoms with Crippen molar-refractivity contribution < 1.29 is 33.1 Å². The van der Waals surface area contributed by atoms with E-state index in [-0.39, 0.29) is 42.2 Å². The number of Topliss-reactive ketones (excluding diaryl/α,β-unsaturated/α-hetero) is 1. The van der Waals surface area contributed by atoms with Gasteiger partial charge in [0.2, 0.25) is 5.82 Å². The van der Waals surface area contributed by atoms with Crippen LogP contribution in [0.2, 0.25) is 0 Å². The fourth-order valence-electron chi connectivity index (χ4n) is 4.00. The van der Waals surface area contributed by atoms with Crippen LogP contribution in [0.3, 0.4) is 0 Å². The van der Waals surface area contributed by atoms with Crippen LogP contribution in [0, 0.1) is 11.7 Å². The molecule has 2 heterocycles. The number of amides is 1. The quantitative estimate of drug-likeness (QED) is 0.433. The highest BCUT2D eigenvalue weighted by Gasteiger charge is 2.31. The lowest BCUT2D eigenvalue weighted by Crippen LogP contribution is -2.42. The molecule has 1 amide bonds. The number of ketones is 1. The van der Waals surface area contributed by atoms with Gasteiger partial charge in [-0.3, -0.25) is 9.59 Å². The van der Waals surface area contributed by atoms with E-state index in [4.69, 9.17) is 14.0 Å². The minimum absolute atomic E-state index is 0.125. The number of halogens is 1. The summed E-state index contributed by atoms with van der Waals surface area (Å²) in [5.74, 6) is -0.143. The topological polar surface area (TPSA) is 124 Å². The summed E-state index contributed by atoms with van der Waals surface area (Å²) in [7, 11) is 0. The van der Waals surface area contributed by atoms with Crippen molar-refractivity contribution in [3.63, 3.8) is 0 Å². The molecule has 1 aliphatic carbocycles. The maximum atomic E-state index is 14.7. The zero-order valence-corrected chi connectivity index (χ0v) is 19.6. The Morgan fingerprint density at radius 1 is 1.19 bits per heavy atom. The van der Waals surface area contributed by atoms with E-state index in [9.17, 15) is 19.1 Å². The normalized spacial score (nSPS) is 20.2. The number of rotatable bonds is 9. The summed E-state index contributed by atoms with van der Waals surface area (Å²) >= 11 is 0. The predicted molar refractivity (Wildman–Crippen MR) is 125 cm³/mol. The average molecular weight is 496 g/mol. The molecule has 2 aliphatic rings. The van der Waals surface area contributed by atoms with Crippen molar-refractivity contribution in [1.82, 2.24) is 15.5 Å². The van der Waals surface area contributed by atoms with Crippen molar-refractivity contribution in [3.05, 3.63) is 65.3 Å². The van der Waals surface area contributed by atoms with Gasteiger partial charge in [-0.1, -0.05) is 18.1 Å². The first-order valence-corrected chi connectivity index (χ1v) is 11.9. The Labute approximate surface area is 206 Å². The second-order valence-electron chi connectivity index (χ2n) is 9.01. The largest absolute Gasteiger partial charge is 0.481 e.